The summed E-state index contributed by atoms with van der Waals surface area (Å²) in [7, 11) is 0. The molecule has 0 bridgehead atoms. The van der Waals surface area contributed by atoms with Gasteiger partial charge in [-0.05, 0) is 12.1 Å². The molecular formula is C10H17N3O. The lowest BCUT2D eigenvalue weighted by molar-refractivity contribution is 0.291. The van der Waals surface area contributed by atoms with Gasteiger partial charge in [-0.2, -0.15) is 0 Å². The number of nitrogens with one attached hydrogen (secondary N) is 1. The van der Waals surface area contributed by atoms with E-state index in [9.17, 15) is 0 Å². The molecular weight excluding hydrogens is 178 g/mol. The number of aliphatic hydroxyl groups is 1. The van der Waals surface area contributed by atoms with Gasteiger partial charge in [-0.3, -0.25) is 4.98 Å². The molecule has 1 atom stereocenters. The highest BCUT2D eigenvalue weighted by atomic mass is 16.3. The topological polar surface area (TPSA) is 71.2 Å². The number of pyridine rings is 1. The Bertz CT molecular complexity index is 240. The van der Waals surface area contributed by atoms with Crippen molar-refractivity contribution >= 4 is 0 Å². The first kappa shape index (κ1) is 11.1. The van der Waals surface area contributed by atoms with Crippen LogP contribution in [0.4, 0.5) is 0 Å². The van der Waals surface area contributed by atoms with Crippen molar-refractivity contribution in [3.8, 4) is 0 Å². The van der Waals surface area contributed by atoms with Crippen LogP contribution < -0.4 is 11.1 Å². The molecule has 1 aromatic rings. The third-order valence-electron chi connectivity index (χ3n) is 1.89. The molecule has 0 saturated heterocycles. The maximum atomic E-state index is 8.55. The molecule has 4 heteroatoms. The van der Waals surface area contributed by atoms with Crippen LogP contribution in [0.3, 0.4) is 0 Å². The van der Waals surface area contributed by atoms with Gasteiger partial charge >= 0.3 is 0 Å². The highest BCUT2D eigenvalue weighted by molar-refractivity contribution is 5.05. The molecule has 0 spiro atoms. The van der Waals surface area contributed by atoms with Crippen molar-refractivity contribution in [2.24, 2.45) is 5.73 Å². The van der Waals surface area contributed by atoms with Gasteiger partial charge in [0.25, 0.3) is 0 Å². The van der Waals surface area contributed by atoms with Gasteiger partial charge in [0.2, 0.25) is 0 Å². The Morgan fingerprint density at radius 1 is 1.50 bits per heavy atom. The number of hydrogen-bond acceptors (Lipinski definition) is 4. The van der Waals surface area contributed by atoms with E-state index >= 15 is 0 Å². The molecule has 1 aromatic heterocycles. The number of aromatic nitrogens is 1. The molecule has 0 aliphatic rings. The lowest BCUT2D eigenvalue weighted by Gasteiger charge is -2.11. The van der Waals surface area contributed by atoms with E-state index in [2.05, 4.69) is 10.3 Å². The van der Waals surface area contributed by atoms with Crippen LogP contribution >= 0.6 is 0 Å². The summed E-state index contributed by atoms with van der Waals surface area (Å²) in [6.45, 7) is 1.45. The van der Waals surface area contributed by atoms with Gasteiger partial charge in [-0.15, -0.1) is 0 Å². The zero-order chi connectivity index (χ0) is 10.2. The molecule has 1 rings (SSSR count). The fraction of sp³-hybridized carbons (Fsp3) is 0.500. The molecule has 4 nitrogen and oxygen atoms in total. The number of hydrogen-bond donors (Lipinski definition) is 3. The Morgan fingerprint density at radius 3 is 3.00 bits per heavy atom. The number of aliphatic hydroxyl groups excluding tert-OH is 1. The largest absolute Gasteiger partial charge is 0.395 e. The molecule has 0 aliphatic heterocycles. The summed E-state index contributed by atoms with van der Waals surface area (Å²) in [6.07, 6.45) is 2.53. The summed E-state index contributed by atoms with van der Waals surface area (Å²) in [5.74, 6) is 0. The normalized spacial score (nSPS) is 12.7. The van der Waals surface area contributed by atoms with Crippen molar-refractivity contribution in [2.45, 2.75) is 12.5 Å². The first-order valence-electron chi connectivity index (χ1n) is 4.80. The smallest absolute Gasteiger partial charge is 0.0555 e. The maximum absolute atomic E-state index is 8.55. The third-order valence-corrected chi connectivity index (χ3v) is 1.89. The van der Waals surface area contributed by atoms with Gasteiger partial charge < -0.3 is 16.2 Å². The zero-order valence-electron chi connectivity index (χ0n) is 8.19. The number of nitrogens with zero attached hydrogens (tertiary/aromatic N) is 1. The average Bonchev–Trinajstić information content (AvgIpc) is 2.20. The summed E-state index contributed by atoms with van der Waals surface area (Å²) < 4.78 is 0. The minimum atomic E-state index is 0.0523. The van der Waals surface area contributed by atoms with Crippen molar-refractivity contribution in [1.29, 1.82) is 0 Å². The second-order valence-corrected chi connectivity index (χ2v) is 3.21. The van der Waals surface area contributed by atoms with Gasteiger partial charge in [-0.1, -0.05) is 6.07 Å². The van der Waals surface area contributed by atoms with Crippen LogP contribution in [0, 0.1) is 0 Å². The molecule has 4 N–H and O–H groups in total. The summed E-state index contributed by atoms with van der Waals surface area (Å²) in [6, 6.07) is 5.86. The van der Waals surface area contributed by atoms with Gasteiger partial charge in [0.15, 0.2) is 0 Å². The molecule has 0 fully saturated rings. The Hall–Kier alpha value is -0.970. The van der Waals surface area contributed by atoms with Crippen LogP contribution in [0.2, 0.25) is 0 Å². The van der Waals surface area contributed by atoms with Crippen molar-refractivity contribution in [1.82, 2.24) is 10.3 Å². The van der Waals surface area contributed by atoms with E-state index in [1.807, 2.05) is 18.2 Å². The lowest BCUT2D eigenvalue weighted by atomic mass is 10.1. The van der Waals surface area contributed by atoms with E-state index in [0.29, 0.717) is 13.1 Å². The van der Waals surface area contributed by atoms with Crippen LogP contribution in [0.5, 0.6) is 0 Å². The van der Waals surface area contributed by atoms with E-state index in [1.165, 1.54) is 0 Å². The highest BCUT2D eigenvalue weighted by Gasteiger charge is 2.03. The van der Waals surface area contributed by atoms with Crippen LogP contribution in [0.15, 0.2) is 24.4 Å². The number of nitrogens with two attached hydrogens (primary N) is 1. The average molecular weight is 195 g/mol. The number of rotatable bonds is 6. The van der Waals surface area contributed by atoms with Crippen LogP contribution in [-0.4, -0.2) is 35.8 Å². The van der Waals surface area contributed by atoms with E-state index in [4.69, 9.17) is 10.8 Å². The second-order valence-electron chi connectivity index (χ2n) is 3.21. The monoisotopic (exact) mass is 195 g/mol. The van der Waals surface area contributed by atoms with Crippen LogP contribution in [-0.2, 0) is 6.42 Å². The molecule has 1 unspecified atom stereocenters. The second kappa shape index (κ2) is 6.48. The lowest BCUT2D eigenvalue weighted by Crippen LogP contribution is -2.36. The Balaban J connectivity index is 2.23. The minimum absolute atomic E-state index is 0.0523. The molecule has 1 heterocycles. The van der Waals surface area contributed by atoms with Gasteiger partial charge in [0.1, 0.15) is 0 Å². The molecule has 14 heavy (non-hydrogen) atoms. The zero-order valence-corrected chi connectivity index (χ0v) is 8.19. The fourth-order valence-corrected chi connectivity index (χ4v) is 1.23. The minimum Gasteiger partial charge on any atom is -0.395 e. The van der Waals surface area contributed by atoms with Crippen LogP contribution in [0.25, 0.3) is 0 Å². The summed E-state index contributed by atoms with van der Waals surface area (Å²) >= 11 is 0. The SMILES string of the molecule is NC(CNCCO)Cc1ccccn1. The Kier molecular flexibility index (Phi) is 5.14. The summed E-state index contributed by atoms with van der Waals surface area (Å²) in [5, 5.41) is 11.6. The quantitative estimate of drug-likeness (QED) is 0.537. The molecule has 78 valence electrons. The van der Waals surface area contributed by atoms with Crippen molar-refractivity contribution in [3.05, 3.63) is 30.1 Å². The Labute approximate surface area is 84.2 Å². The first-order valence-corrected chi connectivity index (χ1v) is 4.80. The molecule has 0 radical (unpaired) electrons. The third kappa shape index (κ3) is 4.32. The van der Waals surface area contributed by atoms with E-state index in [1.54, 1.807) is 6.20 Å². The first-order chi connectivity index (χ1) is 6.83. The van der Waals surface area contributed by atoms with E-state index < -0.39 is 0 Å². The van der Waals surface area contributed by atoms with Crippen LogP contribution in [0.1, 0.15) is 5.69 Å². The standard InChI is InChI=1S/C10H17N3O/c11-9(8-12-5-6-14)7-10-3-1-2-4-13-10/h1-4,9,12,14H,5-8,11H2. The maximum Gasteiger partial charge on any atom is 0.0555 e. The van der Waals surface area contributed by atoms with E-state index in [0.717, 1.165) is 12.1 Å². The van der Waals surface area contributed by atoms with Crippen molar-refractivity contribution < 1.29 is 5.11 Å². The molecule has 0 amide bonds. The van der Waals surface area contributed by atoms with Gasteiger partial charge in [-0.25, -0.2) is 0 Å². The Morgan fingerprint density at radius 2 is 2.36 bits per heavy atom. The highest BCUT2D eigenvalue weighted by Crippen LogP contribution is 1.96. The molecule has 0 aromatic carbocycles. The predicted octanol–water partition coefficient (Wildman–Crippen LogP) is -0.467. The predicted molar refractivity (Wildman–Crippen MR) is 55.9 cm³/mol. The van der Waals surface area contributed by atoms with Crippen molar-refractivity contribution in [3.63, 3.8) is 0 Å². The molecule has 0 aliphatic carbocycles. The fourth-order valence-electron chi connectivity index (χ4n) is 1.23. The summed E-state index contributed by atoms with van der Waals surface area (Å²) in [4.78, 5) is 4.19. The van der Waals surface area contributed by atoms with E-state index in [-0.39, 0.29) is 12.6 Å². The van der Waals surface area contributed by atoms with Crippen molar-refractivity contribution in [2.75, 3.05) is 19.7 Å². The summed E-state index contributed by atoms with van der Waals surface area (Å²) in [5.41, 5.74) is 6.87. The molecule has 0 saturated carbocycles. The van der Waals surface area contributed by atoms with Gasteiger partial charge in [0, 0.05) is 37.4 Å². The van der Waals surface area contributed by atoms with Gasteiger partial charge in [0.05, 0.1) is 6.61 Å².